The van der Waals surface area contributed by atoms with E-state index in [1.807, 2.05) is 18.2 Å². The summed E-state index contributed by atoms with van der Waals surface area (Å²) in [5.74, 6) is -2.52. The van der Waals surface area contributed by atoms with Gasteiger partial charge >= 0.3 is 19.8 Å². The van der Waals surface area contributed by atoms with E-state index in [0.29, 0.717) is 19.3 Å². The molecule has 346 valence electrons. The van der Waals surface area contributed by atoms with Crippen molar-refractivity contribution in [1.82, 2.24) is 5.32 Å². The Balaban J connectivity index is 4.08. The van der Waals surface area contributed by atoms with Gasteiger partial charge in [-0.15, -0.1) is 0 Å². The van der Waals surface area contributed by atoms with E-state index < -0.39 is 57.6 Å². The molecule has 0 aromatic carbocycles. The Morgan fingerprint density at radius 2 is 0.887 bits per heavy atom. The molecule has 0 spiro atoms. The van der Waals surface area contributed by atoms with Crippen LogP contribution in [0.1, 0.15) is 129 Å². The summed E-state index contributed by atoms with van der Waals surface area (Å²) in [5, 5.41) is 21.8. The van der Waals surface area contributed by atoms with Gasteiger partial charge in [0.1, 0.15) is 12.7 Å². The lowest BCUT2D eigenvalue weighted by Gasteiger charge is -2.18. The number of aliphatic hydroxyl groups excluding tert-OH is 1. The molecule has 62 heavy (non-hydrogen) atoms. The van der Waals surface area contributed by atoms with Crippen LogP contribution in [0.5, 0.6) is 0 Å². The zero-order valence-corrected chi connectivity index (χ0v) is 38.2. The molecular formula is C50H76NO10P. The maximum Gasteiger partial charge on any atom is 0.472 e. The summed E-state index contributed by atoms with van der Waals surface area (Å²) >= 11 is 0. The van der Waals surface area contributed by atoms with Crippen LogP contribution < -0.4 is 5.32 Å². The van der Waals surface area contributed by atoms with Crippen LogP contribution in [0.2, 0.25) is 0 Å². The van der Waals surface area contributed by atoms with Crippen molar-refractivity contribution in [2.75, 3.05) is 19.8 Å². The van der Waals surface area contributed by atoms with Gasteiger partial charge in [0.2, 0.25) is 5.91 Å². The van der Waals surface area contributed by atoms with Crippen LogP contribution in [-0.2, 0) is 32.7 Å². The Morgan fingerprint density at radius 3 is 1.29 bits per heavy atom. The third-order valence-corrected chi connectivity index (χ3v) is 9.39. The largest absolute Gasteiger partial charge is 0.480 e. The number of nitrogens with one attached hydrogen (secondary N) is 1. The molecule has 1 amide bonds. The van der Waals surface area contributed by atoms with Gasteiger partial charge in [0, 0.05) is 12.8 Å². The number of carboxylic acid groups (broad SMARTS) is 1. The zero-order chi connectivity index (χ0) is 45.6. The van der Waals surface area contributed by atoms with Crippen LogP contribution in [0.25, 0.3) is 0 Å². The van der Waals surface area contributed by atoms with Gasteiger partial charge in [-0.25, -0.2) is 9.36 Å². The first kappa shape index (κ1) is 57.6. The number of hydrogen-bond donors (Lipinski definition) is 4. The lowest BCUT2D eigenvalue weighted by atomic mass is 10.1. The molecule has 12 heteroatoms. The molecule has 0 saturated carbocycles. The number of amides is 1. The van der Waals surface area contributed by atoms with Crippen LogP contribution in [-0.4, -0.2) is 64.9 Å². The van der Waals surface area contributed by atoms with Crippen molar-refractivity contribution in [3.05, 3.63) is 134 Å². The number of aliphatic hydroxyl groups is 1. The number of unbranched alkanes of at least 4 members (excludes halogenated alkanes) is 3. The molecule has 3 unspecified atom stereocenters. The van der Waals surface area contributed by atoms with Gasteiger partial charge in [-0.05, 0) is 103 Å². The van der Waals surface area contributed by atoms with Crippen molar-refractivity contribution in [2.24, 2.45) is 0 Å². The molecule has 0 radical (unpaired) electrons. The average molecular weight is 882 g/mol. The van der Waals surface area contributed by atoms with E-state index in [1.54, 1.807) is 0 Å². The quantitative estimate of drug-likeness (QED) is 0.0202. The molecule has 0 aliphatic rings. The molecule has 0 saturated heterocycles. The summed E-state index contributed by atoms with van der Waals surface area (Å²) in [4.78, 5) is 45.9. The summed E-state index contributed by atoms with van der Waals surface area (Å²) < 4.78 is 26.8. The molecule has 0 aromatic heterocycles. The van der Waals surface area contributed by atoms with Crippen molar-refractivity contribution >= 4 is 25.7 Å². The molecular weight excluding hydrogens is 806 g/mol. The first-order valence-electron chi connectivity index (χ1n) is 22.2. The molecule has 0 fully saturated rings. The summed E-state index contributed by atoms with van der Waals surface area (Å²) in [7, 11) is -4.79. The molecule has 3 atom stereocenters. The van der Waals surface area contributed by atoms with Crippen molar-refractivity contribution < 1.29 is 47.8 Å². The number of carbonyl (C=O) groups is 3. The van der Waals surface area contributed by atoms with Gasteiger partial charge in [0.05, 0.1) is 13.2 Å². The second kappa shape index (κ2) is 43.3. The predicted octanol–water partition coefficient (Wildman–Crippen LogP) is 11.8. The van der Waals surface area contributed by atoms with E-state index in [-0.39, 0.29) is 12.8 Å². The lowest BCUT2D eigenvalue weighted by molar-refractivity contribution is -0.147. The number of esters is 1. The van der Waals surface area contributed by atoms with E-state index in [2.05, 4.69) is 135 Å². The maximum atomic E-state index is 12.3. The number of rotatable bonds is 39. The highest BCUT2D eigenvalue weighted by Crippen LogP contribution is 2.43. The number of ether oxygens (including phenoxy) is 1. The summed E-state index contributed by atoms with van der Waals surface area (Å²) in [5.41, 5.74) is 0. The van der Waals surface area contributed by atoms with Crippen LogP contribution in [0.15, 0.2) is 134 Å². The number of carbonyl (C=O) groups excluding carboxylic acids is 2. The van der Waals surface area contributed by atoms with E-state index in [9.17, 15) is 34.1 Å². The second-order valence-corrected chi connectivity index (χ2v) is 15.6. The Kier molecular flexibility index (Phi) is 40.2. The van der Waals surface area contributed by atoms with E-state index in [1.165, 1.54) is 0 Å². The Labute approximate surface area is 372 Å². The van der Waals surface area contributed by atoms with Gasteiger partial charge in [0.15, 0.2) is 6.04 Å². The Bertz CT molecular complexity index is 1550. The number of phosphoric acid groups is 1. The van der Waals surface area contributed by atoms with Crippen LogP contribution >= 0.6 is 7.82 Å². The predicted molar refractivity (Wildman–Crippen MR) is 253 cm³/mol. The first-order valence-corrected chi connectivity index (χ1v) is 23.7. The molecule has 0 heterocycles. The van der Waals surface area contributed by atoms with Crippen molar-refractivity contribution in [2.45, 2.75) is 142 Å². The van der Waals surface area contributed by atoms with E-state index in [4.69, 9.17) is 13.8 Å². The van der Waals surface area contributed by atoms with Crippen LogP contribution in [0.3, 0.4) is 0 Å². The van der Waals surface area contributed by atoms with Gasteiger partial charge < -0.3 is 25.2 Å². The third kappa shape index (κ3) is 42.3. The number of hydrogen-bond acceptors (Lipinski definition) is 8. The number of aliphatic carboxylic acids is 1. The molecule has 4 N–H and O–H groups in total. The zero-order valence-electron chi connectivity index (χ0n) is 37.4. The van der Waals surface area contributed by atoms with E-state index >= 15 is 0 Å². The minimum Gasteiger partial charge on any atom is -0.480 e. The first-order chi connectivity index (χ1) is 30.1. The van der Waals surface area contributed by atoms with Crippen molar-refractivity contribution in [3.63, 3.8) is 0 Å². The molecule has 0 aliphatic carbocycles. The molecule has 0 aliphatic heterocycles. The second-order valence-electron chi connectivity index (χ2n) is 14.1. The van der Waals surface area contributed by atoms with Crippen LogP contribution in [0, 0.1) is 0 Å². The molecule has 11 nitrogen and oxygen atoms in total. The minimum absolute atomic E-state index is 0.0774. The number of allylic oxidation sites excluding steroid dienone is 22. The SMILES string of the molecule is CC/C=C\C/C=C\C/C=C\C/C=C\C/C=C\C/C=C\CCCCC(=O)NC(COP(=O)(O)OCC(O)COC(=O)CCC/C=C\C/C=C\C/C=C\C/C=C\C/C=C\CC)C(=O)O. The monoisotopic (exact) mass is 882 g/mol. The highest BCUT2D eigenvalue weighted by atomic mass is 31.2. The molecule has 0 aromatic rings. The van der Waals surface area contributed by atoms with Crippen molar-refractivity contribution in [1.29, 1.82) is 0 Å². The minimum atomic E-state index is -4.79. The molecule has 0 bridgehead atoms. The van der Waals surface area contributed by atoms with Gasteiger partial charge in [-0.1, -0.05) is 148 Å². The summed E-state index contributed by atoms with van der Waals surface area (Å²) in [6.45, 7) is 2.25. The fraction of sp³-hybridized carbons (Fsp3) is 0.500. The average Bonchev–Trinajstić information content (AvgIpc) is 3.25. The Morgan fingerprint density at radius 1 is 0.516 bits per heavy atom. The Hall–Kier alpha value is -4.38. The van der Waals surface area contributed by atoms with Gasteiger partial charge in [-0.2, -0.15) is 0 Å². The van der Waals surface area contributed by atoms with E-state index in [0.717, 1.165) is 83.5 Å². The highest BCUT2D eigenvalue weighted by molar-refractivity contribution is 7.47. The topological polar surface area (TPSA) is 169 Å². The summed E-state index contributed by atoms with van der Waals surface area (Å²) in [6, 6.07) is -1.59. The van der Waals surface area contributed by atoms with Gasteiger partial charge in [-0.3, -0.25) is 18.6 Å². The number of carboxylic acids is 1. The maximum absolute atomic E-state index is 12.3. The lowest BCUT2D eigenvalue weighted by Crippen LogP contribution is -2.43. The standard InChI is InChI=1S/C50H76NO10P/c1-3-5-7-9-11-13-15-17-19-21-22-23-24-26-27-29-31-33-35-37-39-41-48(53)51-47(50(55)56)45-61-62(57,58)60-44-46(52)43-59-49(54)42-40-38-36-34-32-30-28-25-20-18-16-14-12-10-8-6-4-2/h5-8,11-14,17-20,22-23,26-28,30-31,33-34,36,46-47,52H,3-4,9-10,15-16,21,24-25,29,32,35,37-45H2,1-2H3,(H,51,53)(H,55,56)(H,57,58)/b7-5-,8-6-,13-11-,14-12-,19-17-,20-18-,23-22-,27-26-,30-28-,33-31-,36-34-. The fourth-order valence-corrected chi connectivity index (χ4v) is 5.83. The van der Waals surface area contributed by atoms with Crippen LogP contribution in [0.4, 0.5) is 0 Å². The third-order valence-electron chi connectivity index (χ3n) is 8.43. The highest BCUT2D eigenvalue weighted by Gasteiger charge is 2.28. The van der Waals surface area contributed by atoms with Crippen molar-refractivity contribution in [3.8, 4) is 0 Å². The normalized spacial score (nSPS) is 14.9. The van der Waals surface area contributed by atoms with Gasteiger partial charge in [0.25, 0.3) is 0 Å². The number of phosphoric ester groups is 1. The summed E-state index contributed by atoms with van der Waals surface area (Å²) in [6.07, 6.45) is 59.1. The molecule has 0 rings (SSSR count). The smallest absolute Gasteiger partial charge is 0.472 e. The fourth-order valence-electron chi connectivity index (χ4n) is 5.06.